The highest BCUT2D eigenvalue weighted by atomic mass is 16.5. The summed E-state index contributed by atoms with van der Waals surface area (Å²) in [6, 6.07) is 5.86. The van der Waals surface area contributed by atoms with Crippen molar-refractivity contribution in [3.63, 3.8) is 0 Å². The molecule has 1 unspecified atom stereocenters. The van der Waals surface area contributed by atoms with Crippen LogP contribution in [0.1, 0.15) is 18.0 Å². The summed E-state index contributed by atoms with van der Waals surface area (Å²) in [6.07, 6.45) is 0.653. The summed E-state index contributed by atoms with van der Waals surface area (Å²) in [5.74, 6) is 0.558. The minimum absolute atomic E-state index is 0.0695. The van der Waals surface area contributed by atoms with Crippen molar-refractivity contribution in [2.45, 2.75) is 12.5 Å². The second-order valence-electron chi connectivity index (χ2n) is 4.58. The number of hydrogen-bond acceptors (Lipinski definition) is 4. The number of benzene rings is 1. The summed E-state index contributed by atoms with van der Waals surface area (Å²) >= 11 is 0. The Kier molecular flexibility index (Phi) is 3.84. The van der Waals surface area contributed by atoms with Crippen LogP contribution < -0.4 is 10.1 Å². The summed E-state index contributed by atoms with van der Waals surface area (Å²) in [6.45, 7) is 0.197. The first-order valence-electron chi connectivity index (χ1n) is 5.95. The molecule has 1 aliphatic rings. The van der Waals surface area contributed by atoms with Crippen molar-refractivity contribution in [2.75, 3.05) is 32.6 Å². The zero-order valence-electron chi connectivity index (χ0n) is 10.6. The van der Waals surface area contributed by atoms with Gasteiger partial charge in [0, 0.05) is 12.6 Å². The van der Waals surface area contributed by atoms with Crippen LogP contribution in [0.15, 0.2) is 18.2 Å². The minimum Gasteiger partial charge on any atom is -0.482 e. The van der Waals surface area contributed by atoms with Crippen molar-refractivity contribution >= 4 is 11.6 Å². The Labute approximate surface area is 106 Å². The van der Waals surface area contributed by atoms with Crippen molar-refractivity contribution in [1.82, 2.24) is 4.90 Å². The number of anilines is 1. The number of hydrogen-bond donors (Lipinski definition) is 2. The fourth-order valence-electron chi connectivity index (χ4n) is 2.15. The van der Waals surface area contributed by atoms with Crippen LogP contribution in [0.5, 0.6) is 5.75 Å². The number of carbonyl (C=O) groups is 1. The third-order valence-corrected chi connectivity index (χ3v) is 3.05. The smallest absolute Gasteiger partial charge is 0.262 e. The molecule has 5 nitrogen and oxygen atoms in total. The Morgan fingerprint density at radius 1 is 1.50 bits per heavy atom. The summed E-state index contributed by atoms with van der Waals surface area (Å²) in [7, 11) is 3.93. The van der Waals surface area contributed by atoms with E-state index in [1.807, 2.05) is 37.2 Å². The predicted octanol–water partition coefficient (Wildman–Crippen LogP) is 1.00. The van der Waals surface area contributed by atoms with Crippen LogP contribution >= 0.6 is 0 Å². The van der Waals surface area contributed by atoms with Gasteiger partial charge in [0.1, 0.15) is 5.75 Å². The minimum atomic E-state index is -0.136. The molecule has 1 amide bonds. The van der Waals surface area contributed by atoms with Gasteiger partial charge in [0.2, 0.25) is 0 Å². The molecule has 5 heteroatoms. The largest absolute Gasteiger partial charge is 0.482 e. The van der Waals surface area contributed by atoms with Crippen LogP contribution in [0.4, 0.5) is 5.69 Å². The Morgan fingerprint density at radius 2 is 2.28 bits per heavy atom. The quantitative estimate of drug-likeness (QED) is 0.837. The van der Waals surface area contributed by atoms with Gasteiger partial charge in [0.05, 0.1) is 5.69 Å². The fraction of sp³-hybridized carbons (Fsp3) is 0.462. The Hall–Kier alpha value is -1.59. The van der Waals surface area contributed by atoms with E-state index in [1.165, 1.54) is 0 Å². The molecule has 1 heterocycles. The molecule has 0 bridgehead atoms. The number of nitrogens with one attached hydrogen (secondary N) is 1. The topological polar surface area (TPSA) is 61.8 Å². The number of carbonyl (C=O) groups excluding carboxylic acids is 1. The van der Waals surface area contributed by atoms with Crippen LogP contribution in [-0.2, 0) is 4.79 Å². The summed E-state index contributed by atoms with van der Waals surface area (Å²) < 4.78 is 5.32. The maximum Gasteiger partial charge on any atom is 0.262 e. The molecule has 0 aromatic heterocycles. The zero-order chi connectivity index (χ0) is 13.1. The molecule has 18 heavy (non-hydrogen) atoms. The second kappa shape index (κ2) is 5.37. The highest BCUT2D eigenvalue weighted by Gasteiger charge is 2.19. The maximum absolute atomic E-state index is 11.3. The molecule has 0 saturated heterocycles. The van der Waals surface area contributed by atoms with Gasteiger partial charge < -0.3 is 20.1 Å². The first kappa shape index (κ1) is 12.9. The standard InChI is InChI=1S/C13H18N2O3/c1-15(2)11(5-6-16)9-3-4-12-10(7-9)14-13(17)8-18-12/h3-4,7,11,16H,5-6,8H2,1-2H3,(H,14,17). The third kappa shape index (κ3) is 2.63. The lowest BCUT2D eigenvalue weighted by molar-refractivity contribution is -0.118. The van der Waals surface area contributed by atoms with Gasteiger partial charge >= 0.3 is 0 Å². The molecule has 0 radical (unpaired) electrons. The Bertz CT molecular complexity index is 446. The van der Waals surface area contributed by atoms with E-state index in [-0.39, 0.29) is 25.2 Å². The third-order valence-electron chi connectivity index (χ3n) is 3.05. The van der Waals surface area contributed by atoms with Gasteiger partial charge in [-0.1, -0.05) is 6.07 Å². The number of fused-ring (bicyclic) bond motifs is 1. The van der Waals surface area contributed by atoms with Gasteiger partial charge in [0.25, 0.3) is 5.91 Å². The Morgan fingerprint density at radius 3 is 2.94 bits per heavy atom. The average Bonchev–Trinajstić information content (AvgIpc) is 2.34. The van der Waals surface area contributed by atoms with Crippen molar-refractivity contribution in [1.29, 1.82) is 0 Å². The van der Waals surface area contributed by atoms with E-state index >= 15 is 0 Å². The number of aliphatic hydroxyl groups excluding tert-OH is 1. The van der Waals surface area contributed by atoms with Gasteiger partial charge in [-0.3, -0.25) is 4.79 Å². The molecule has 1 atom stereocenters. The number of ether oxygens (including phenoxy) is 1. The fourth-order valence-corrected chi connectivity index (χ4v) is 2.15. The molecular weight excluding hydrogens is 232 g/mol. The molecule has 2 rings (SSSR count). The number of nitrogens with zero attached hydrogens (tertiary/aromatic N) is 1. The monoisotopic (exact) mass is 250 g/mol. The van der Waals surface area contributed by atoms with E-state index in [9.17, 15) is 4.79 Å². The van der Waals surface area contributed by atoms with E-state index in [1.54, 1.807) is 0 Å². The molecule has 0 saturated carbocycles. The lowest BCUT2D eigenvalue weighted by atomic mass is 10.0. The molecular formula is C13H18N2O3. The molecule has 2 N–H and O–H groups in total. The van der Waals surface area contributed by atoms with Gasteiger partial charge in [-0.05, 0) is 38.2 Å². The Balaban J connectivity index is 2.28. The van der Waals surface area contributed by atoms with Crippen LogP contribution in [0.3, 0.4) is 0 Å². The van der Waals surface area contributed by atoms with Crippen LogP contribution in [0.2, 0.25) is 0 Å². The van der Waals surface area contributed by atoms with Crippen molar-refractivity contribution in [3.8, 4) is 5.75 Å². The van der Waals surface area contributed by atoms with Gasteiger partial charge in [0.15, 0.2) is 6.61 Å². The van der Waals surface area contributed by atoms with Gasteiger partial charge in [-0.15, -0.1) is 0 Å². The predicted molar refractivity (Wildman–Crippen MR) is 68.7 cm³/mol. The molecule has 1 aromatic rings. The van der Waals surface area contributed by atoms with Crippen LogP contribution in [-0.4, -0.2) is 43.2 Å². The lowest BCUT2D eigenvalue weighted by Gasteiger charge is -2.26. The van der Waals surface area contributed by atoms with Crippen LogP contribution in [0.25, 0.3) is 0 Å². The molecule has 1 aromatic carbocycles. The summed E-state index contributed by atoms with van der Waals surface area (Å²) in [5.41, 5.74) is 1.76. The normalized spacial score (nSPS) is 15.9. The lowest BCUT2D eigenvalue weighted by Crippen LogP contribution is -2.26. The molecule has 1 aliphatic heterocycles. The second-order valence-corrected chi connectivity index (χ2v) is 4.58. The highest BCUT2D eigenvalue weighted by molar-refractivity contribution is 5.95. The van der Waals surface area contributed by atoms with Gasteiger partial charge in [-0.2, -0.15) is 0 Å². The number of rotatable bonds is 4. The van der Waals surface area contributed by atoms with Crippen molar-refractivity contribution in [3.05, 3.63) is 23.8 Å². The summed E-state index contributed by atoms with van der Waals surface area (Å²) in [4.78, 5) is 13.3. The first-order chi connectivity index (χ1) is 8.61. The SMILES string of the molecule is CN(C)C(CCO)c1ccc2c(c1)NC(=O)CO2. The van der Waals surface area contributed by atoms with Crippen molar-refractivity contribution < 1.29 is 14.6 Å². The highest BCUT2D eigenvalue weighted by Crippen LogP contribution is 2.32. The maximum atomic E-state index is 11.3. The van der Waals surface area contributed by atoms with Gasteiger partial charge in [-0.25, -0.2) is 0 Å². The molecule has 0 fully saturated rings. The van der Waals surface area contributed by atoms with E-state index in [0.717, 1.165) is 5.56 Å². The number of amides is 1. The zero-order valence-corrected chi connectivity index (χ0v) is 10.6. The first-order valence-corrected chi connectivity index (χ1v) is 5.95. The average molecular weight is 250 g/mol. The van der Waals surface area contributed by atoms with E-state index in [0.29, 0.717) is 17.9 Å². The van der Waals surface area contributed by atoms with E-state index in [2.05, 4.69) is 5.32 Å². The molecule has 0 aliphatic carbocycles. The molecule has 98 valence electrons. The van der Waals surface area contributed by atoms with Crippen LogP contribution in [0, 0.1) is 0 Å². The van der Waals surface area contributed by atoms with Crippen molar-refractivity contribution in [2.24, 2.45) is 0 Å². The van der Waals surface area contributed by atoms with E-state index in [4.69, 9.17) is 9.84 Å². The number of aliphatic hydroxyl groups is 1. The molecule has 0 spiro atoms. The van der Waals surface area contributed by atoms with E-state index < -0.39 is 0 Å². The summed E-state index contributed by atoms with van der Waals surface area (Å²) in [5, 5.41) is 11.9.